The molecule has 0 saturated heterocycles. The van der Waals surface area contributed by atoms with Gasteiger partial charge in [-0.2, -0.15) is 10.5 Å². The summed E-state index contributed by atoms with van der Waals surface area (Å²) in [6.07, 6.45) is 3.00. The summed E-state index contributed by atoms with van der Waals surface area (Å²) in [6.45, 7) is 0.445. The number of nitrogens with zero attached hydrogens (tertiary/aromatic N) is 8. The average Bonchev–Trinajstić information content (AvgIpc) is 3.11. The second-order valence-electron chi connectivity index (χ2n) is 5.53. The first-order valence-electron chi connectivity index (χ1n) is 8.08. The van der Waals surface area contributed by atoms with Gasteiger partial charge in [0.05, 0.1) is 40.9 Å². The minimum absolute atomic E-state index is 0.0771. The first kappa shape index (κ1) is 17.8. The van der Waals surface area contributed by atoms with Gasteiger partial charge in [0.15, 0.2) is 0 Å². The van der Waals surface area contributed by atoms with Gasteiger partial charge in [0.1, 0.15) is 12.7 Å². The molecule has 0 aliphatic carbocycles. The molecule has 27 heavy (non-hydrogen) atoms. The third-order valence-corrected chi connectivity index (χ3v) is 3.93. The molecule has 3 aromatic rings. The molecular formula is C17H14N8O2. The van der Waals surface area contributed by atoms with Crippen LogP contribution in [0.4, 0.5) is 11.5 Å². The van der Waals surface area contributed by atoms with E-state index in [1.807, 2.05) is 18.2 Å². The number of aromatic nitrogens is 4. The topological polar surface area (TPSA) is 138 Å². The van der Waals surface area contributed by atoms with Crippen LogP contribution in [0.3, 0.4) is 0 Å². The number of para-hydroxylation sites is 2. The highest BCUT2D eigenvalue weighted by atomic mass is 16.6. The van der Waals surface area contributed by atoms with E-state index in [0.717, 1.165) is 0 Å². The standard InChI is InChI=1S/C17H14N8O2/c18-7-3-9-23(10-4-8-19)16-15(25(26)27)17(21-11-20-16)24-12-22-13-5-1-2-6-14(13)24/h1-2,5-6,11-12H,3-4,9-10H2. The Bertz CT molecular complexity index is 1040. The molecule has 10 nitrogen and oxygen atoms in total. The fraction of sp³-hybridized carbons (Fsp3) is 0.235. The van der Waals surface area contributed by atoms with Gasteiger partial charge < -0.3 is 4.90 Å². The van der Waals surface area contributed by atoms with Crippen LogP contribution in [0.15, 0.2) is 36.9 Å². The van der Waals surface area contributed by atoms with E-state index < -0.39 is 4.92 Å². The normalized spacial score (nSPS) is 10.3. The van der Waals surface area contributed by atoms with Gasteiger partial charge in [-0.3, -0.25) is 14.7 Å². The average molecular weight is 362 g/mol. The molecule has 0 spiro atoms. The lowest BCUT2D eigenvalue weighted by Gasteiger charge is -2.21. The number of hydrogen-bond acceptors (Lipinski definition) is 8. The van der Waals surface area contributed by atoms with E-state index in [1.54, 1.807) is 23.1 Å². The number of benzene rings is 1. The van der Waals surface area contributed by atoms with Crippen LogP contribution in [0.25, 0.3) is 16.9 Å². The highest BCUT2D eigenvalue weighted by Gasteiger charge is 2.28. The van der Waals surface area contributed by atoms with Gasteiger partial charge in [0.25, 0.3) is 0 Å². The number of rotatable bonds is 7. The monoisotopic (exact) mass is 362 g/mol. The minimum Gasteiger partial charge on any atom is -0.349 e. The Balaban J connectivity index is 2.16. The molecule has 10 heteroatoms. The molecule has 0 N–H and O–H groups in total. The molecule has 0 aliphatic heterocycles. The molecule has 2 aromatic heterocycles. The van der Waals surface area contributed by atoms with Crippen LogP contribution in [0, 0.1) is 32.8 Å². The summed E-state index contributed by atoms with van der Waals surface area (Å²) in [7, 11) is 0. The fourth-order valence-corrected chi connectivity index (χ4v) is 2.75. The fourth-order valence-electron chi connectivity index (χ4n) is 2.75. The zero-order valence-electron chi connectivity index (χ0n) is 14.2. The molecule has 1 aromatic carbocycles. The van der Waals surface area contributed by atoms with Crippen molar-refractivity contribution in [2.75, 3.05) is 18.0 Å². The summed E-state index contributed by atoms with van der Waals surface area (Å²) < 4.78 is 1.53. The summed E-state index contributed by atoms with van der Waals surface area (Å²) in [4.78, 5) is 25.3. The van der Waals surface area contributed by atoms with E-state index in [2.05, 4.69) is 15.0 Å². The number of nitriles is 2. The zero-order chi connectivity index (χ0) is 19.2. The third-order valence-electron chi connectivity index (χ3n) is 3.93. The maximum Gasteiger partial charge on any atom is 0.354 e. The van der Waals surface area contributed by atoms with Crippen molar-refractivity contribution in [2.45, 2.75) is 12.8 Å². The highest BCUT2D eigenvalue weighted by molar-refractivity contribution is 5.79. The minimum atomic E-state index is -0.550. The maximum atomic E-state index is 11.9. The lowest BCUT2D eigenvalue weighted by molar-refractivity contribution is -0.384. The summed E-state index contributed by atoms with van der Waals surface area (Å²) in [5, 5.41) is 29.6. The Hall–Kier alpha value is -4.05. The van der Waals surface area contributed by atoms with Crippen molar-refractivity contribution in [1.82, 2.24) is 19.5 Å². The van der Waals surface area contributed by atoms with Crippen molar-refractivity contribution in [3.05, 3.63) is 47.0 Å². The summed E-state index contributed by atoms with van der Waals surface area (Å²) in [5.74, 6) is 0.158. The van der Waals surface area contributed by atoms with Crippen LogP contribution >= 0.6 is 0 Å². The molecule has 0 saturated carbocycles. The van der Waals surface area contributed by atoms with Crippen molar-refractivity contribution >= 4 is 22.5 Å². The second kappa shape index (κ2) is 7.89. The van der Waals surface area contributed by atoms with Gasteiger partial charge in [-0.05, 0) is 12.1 Å². The number of hydrogen-bond donors (Lipinski definition) is 0. The molecule has 0 radical (unpaired) electrons. The lowest BCUT2D eigenvalue weighted by Crippen LogP contribution is -2.27. The van der Waals surface area contributed by atoms with Crippen molar-refractivity contribution in [1.29, 1.82) is 10.5 Å². The molecule has 134 valence electrons. The van der Waals surface area contributed by atoms with Crippen molar-refractivity contribution in [3.63, 3.8) is 0 Å². The first-order chi connectivity index (χ1) is 13.2. The van der Waals surface area contributed by atoms with Crippen molar-refractivity contribution < 1.29 is 4.92 Å². The van der Waals surface area contributed by atoms with Gasteiger partial charge in [-0.15, -0.1) is 0 Å². The molecule has 0 bridgehead atoms. The Morgan fingerprint density at radius 2 is 1.81 bits per heavy atom. The van der Waals surface area contributed by atoms with Crippen LogP contribution in [0.1, 0.15) is 12.8 Å². The Morgan fingerprint density at radius 1 is 1.11 bits per heavy atom. The predicted octanol–water partition coefficient (Wildman–Crippen LogP) is 2.36. The zero-order valence-corrected chi connectivity index (χ0v) is 14.2. The SMILES string of the molecule is N#CCCN(CCC#N)c1ncnc(-n2cnc3ccccc32)c1[N+](=O)[O-]. The van der Waals surface area contributed by atoms with Gasteiger partial charge in [-0.25, -0.2) is 15.0 Å². The van der Waals surface area contributed by atoms with Crippen LogP contribution in [0.2, 0.25) is 0 Å². The van der Waals surface area contributed by atoms with Crippen molar-refractivity contribution in [2.24, 2.45) is 0 Å². The van der Waals surface area contributed by atoms with E-state index >= 15 is 0 Å². The van der Waals surface area contributed by atoms with E-state index in [0.29, 0.717) is 11.0 Å². The molecule has 0 amide bonds. The Labute approximate surface area is 154 Å². The van der Waals surface area contributed by atoms with Crippen molar-refractivity contribution in [3.8, 4) is 18.0 Å². The summed E-state index contributed by atoms with van der Waals surface area (Å²) in [5.41, 5.74) is 1.06. The third kappa shape index (κ3) is 3.50. The second-order valence-corrected chi connectivity index (χ2v) is 5.53. The van der Waals surface area contributed by atoms with E-state index in [-0.39, 0.29) is 43.3 Å². The smallest absolute Gasteiger partial charge is 0.349 e. The van der Waals surface area contributed by atoms with Crippen LogP contribution in [0.5, 0.6) is 0 Å². The molecule has 0 atom stereocenters. The van der Waals surface area contributed by atoms with E-state index in [9.17, 15) is 10.1 Å². The number of nitro groups is 1. The lowest BCUT2D eigenvalue weighted by atomic mass is 10.3. The Kier molecular flexibility index (Phi) is 5.19. The molecule has 0 unspecified atom stereocenters. The van der Waals surface area contributed by atoms with E-state index in [1.165, 1.54) is 17.2 Å². The highest BCUT2D eigenvalue weighted by Crippen LogP contribution is 2.32. The van der Waals surface area contributed by atoms with Gasteiger partial charge in [-0.1, -0.05) is 12.1 Å². The van der Waals surface area contributed by atoms with Gasteiger partial charge in [0, 0.05) is 13.1 Å². The van der Waals surface area contributed by atoms with Gasteiger partial charge in [0.2, 0.25) is 11.6 Å². The van der Waals surface area contributed by atoms with Gasteiger partial charge >= 0.3 is 5.69 Å². The predicted molar refractivity (Wildman–Crippen MR) is 96.0 cm³/mol. The maximum absolute atomic E-state index is 11.9. The number of fused-ring (bicyclic) bond motifs is 1. The molecule has 0 fully saturated rings. The first-order valence-corrected chi connectivity index (χ1v) is 8.08. The molecule has 3 rings (SSSR count). The number of imidazole rings is 1. The molecule has 2 heterocycles. The number of anilines is 1. The largest absolute Gasteiger partial charge is 0.354 e. The van der Waals surface area contributed by atoms with E-state index in [4.69, 9.17) is 10.5 Å². The van der Waals surface area contributed by atoms with Crippen LogP contribution in [-0.4, -0.2) is 37.5 Å². The quantitative estimate of drug-likeness (QED) is 0.461. The summed E-state index contributed by atoms with van der Waals surface area (Å²) in [6, 6.07) is 11.2. The van der Waals surface area contributed by atoms with Crippen LogP contribution in [-0.2, 0) is 0 Å². The molecular weight excluding hydrogens is 348 g/mol. The molecule has 0 aliphatic rings. The Morgan fingerprint density at radius 3 is 2.48 bits per heavy atom. The van der Waals surface area contributed by atoms with Crippen LogP contribution < -0.4 is 4.90 Å². The summed E-state index contributed by atoms with van der Waals surface area (Å²) >= 11 is 0.